The summed E-state index contributed by atoms with van der Waals surface area (Å²) in [6, 6.07) is 16.9. The standard InChI is InChI=1S/C23H22N4O3/c1-14-5-7-18(8-6-14)22-25-24-21(30-22)17(4)29-23(28)19-9-11-20(12-10-19)27-16(3)13-15(2)26-27/h5-13,17H,1-4H3. The smallest absolute Gasteiger partial charge is 0.338 e. The Hall–Kier alpha value is -3.74. The van der Waals surface area contributed by atoms with E-state index in [2.05, 4.69) is 15.3 Å². The predicted octanol–water partition coefficient (Wildman–Crippen LogP) is 4.77. The van der Waals surface area contributed by atoms with Crippen LogP contribution in [0.15, 0.2) is 59.0 Å². The predicted molar refractivity (Wildman–Crippen MR) is 111 cm³/mol. The maximum absolute atomic E-state index is 12.5. The van der Waals surface area contributed by atoms with E-state index in [1.54, 1.807) is 19.1 Å². The molecule has 1 atom stereocenters. The summed E-state index contributed by atoms with van der Waals surface area (Å²) in [7, 11) is 0. The molecular formula is C23H22N4O3. The minimum Gasteiger partial charge on any atom is -0.449 e. The van der Waals surface area contributed by atoms with Gasteiger partial charge in [0.25, 0.3) is 5.89 Å². The summed E-state index contributed by atoms with van der Waals surface area (Å²) in [5.41, 5.74) is 5.24. The molecule has 0 N–H and O–H groups in total. The number of hydrogen-bond donors (Lipinski definition) is 0. The molecule has 0 aliphatic heterocycles. The van der Waals surface area contributed by atoms with Crippen molar-refractivity contribution in [3.05, 3.63) is 83.0 Å². The van der Waals surface area contributed by atoms with Crippen LogP contribution in [-0.4, -0.2) is 25.9 Å². The van der Waals surface area contributed by atoms with Crippen LogP contribution in [0.5, 0.6) is 0 Å². The fraction of sp³-hybridized carbons (Fsp3) is 0.217. The van der Waals surface area contributed by atoms with Gasteiger partial charge < -0.3 is 9.15 Å². The van der Waals surface area contributed by atoms with E-state index in [0.29, 0.717) is 11.5 Å². The third-order valence-corrected chi connectivity index (χ3v) is 4.73. The van der Waals surface area contributed by atoms with Crippen LogP contribution in [0, 0.1) is 20.8 Å². The molecule has 0 saturated heterocycles. The zero-order chi connectivity index (χ0) is 21.3. The molecule has 7 nitrogen and oxygen atoms in total. The summed E-state index contributed by atoms with van der Waals surface area (Å²) in [4.78, 5) is 12.5. The monoisotopic (exact) mass is 402 g/mol. The average molecular weight is 402 g/mol. The fourth-order valence-electron chi connectivity index (χ4n) is 3.12. The van der Waals surface area contributed by atoms with E-state index in [1.165, 1.54) is 0 Å². The Labute approximate surface area is 174 Å². The number of benzene rings is 2. The second-order valence-corrected chi connectivity index (χ2v) is 7.24. The number of carbonyl (C=O) groups is 1. The first-order chi connectivity index (χ1) is 14.4. The Morgan fingerprint density at radius 3 is 2.33 bits per heavy atom. The van der Waals surface area contributed by atoms with Gasteiger partial charge in [-0.05, 0) is 70.2 Å². The molecule has 2 heterocycles. The lowest BCUT2D eigenvalue weighted by Crippen LogP contribution is -2.10. The van der Waals surface area contributed by atoms with Crippen LogP contribution in [0.3, 0.4) is 0 Å². The van der Waals surface area contributed by atoms with E-state index in [1.807, 2.05) is 67.9 Å². The Balaban J connectivity index is 1.45. The molecular weight excluding hydrogens is 380 g/mol. The fourth-order valence-corrected chi connectivity index (χ4v) is 3.12. The SMILES string of the molecule is Cc1ccc(-c2nnc(C(C)OC(=O)c3ccc(-n4nc(C)cc4C)cc3)o2)cc1. The summed E-state index contributed by atoms with van der Waals surface area (Å²) in [6.45, 7) is 7.64. The lowest BCUT2D eigenvalue weighted by Gasteiger charge is -2.10. The summed E-state index contributed by atoms with van der Waals surface area (Å²) in [6.07, 6.45) is -0.667. The molecule has 0 bridgehead atoms. The van der Waals surface area contributed by atoms with Gasteiger partial charge in [-0.3, -0.25) is 0 Å². The third-order valence-electron chi connectivity index (χ3n) is 4.73. The number of ether oxygens (including phenoxy) is 1. The first-order valence-electron chi connectivity index (χ1n) is 9.66. The molecule has 4 rings (SSSR count). The van der Waals surface area contributed by atoms with Crippen molar-refractivity contribution in [3.8, 4) is 17.1 Å². The van der Waals surface area contributed by atoms with Crippen molar-refractivity contribution in [2.24, 2.45) is 0 Å². The molecule has 4 aromatic rings. The number of rotatable bonds is 5. The van der Waals surface area contributed by atoms with Crippen LogP contribution < -0.4 is 0 Å². The van der Waals surface area contributed by atoms with Gasteiger partial charge in [0.05, 0.1) is 16.9 Å². The van der Waals surface area contributed by atoms with Crippen molar-refractivity contribution in [1.82, 2.24) is 20.0 Å². The van der Waals surface area contributed by atoms with Crippen molar-refractivity contribution in [2.45, 2.75) is 33.8 Å². The first kappa shape index (κ1) is 19.6. The lowest BCUT2D eigenvalue weighted by atomic mass is 10.1. The number of aryl methyl sites for hydroxylation is 3. The summed E-state index contributed by atoms with van der Waals surface area (Å²) in [5.74, 6) is 0.179. The highest BCUT2D eigenvalue weighted by Crippen LogP contribution is 2.23. The van der Waals surface area contributed by atoms with E-state index in [-0.39, 0.29) is 5.89 Å². The quantitative estimate of drug-likeness (QED) is 0.447. The van der Waals surface area contributed by atoms with Crippen LogP contribution in [0.2, 0.25) is 0 Å². The summed E-state index contributed by atoms with van der Waals surface area (Å²) < 4.78 is 13.0. The summed E-state index contributed by atoms with van der Waals surface area (Å²) in [5, 5.41) is 12.5. The molecule has 152 valence electrons. The molecule has 2 aromatic carbocycles. The van der Waals surface area contributed by atoms with Crippen LogP contribution in [0.4, 0.5) is 0 Å². The van der Waals surface area contributed by atoms with Crippen molar-refractivity contribution in [1.29, 1.82) is 0 Å². The molecule has 0 saturated carbocycles. The second-order valence-electron chi connectivity index (χ2n) is 7.24. The van der Waals surface area contributed by atoms with Crippen LogP contribution in [0.25, 0.3) is 17.1 Å². The molecule has 2 aromatic heterocycles. The van der Waals surface area contributed by atoms with Gasteiger partial charge in [-0.25, -0.2) is 9.48 Å². The van der Waals surface area contributed by atoms with Gasteiger partial charge in [0.15, 0.2) is 6.10 Å². The zero-order valence-corrected chi connectivity index (χ0v) is 17.3. The highest BCUT2D eigenvalue weighted by atomic mass is 16.6. The number of esters is 1. The number of hydrogen-bond acceptors (Lipinski definition) is 6. The highest BCUT2D eigenvalue weighted by molar-refractivity contribution is 5.89. The van der Waals surface area contributed by atoms with Crippen LogP contribution >= 0.6 is 0 Å². The Morgan fingerprint density at radius 1 is 1.00 bits per heavy atom. The topological polar surface area (TPSA) is 83.0 Å². The molecule has 0 radical (unpaired) electrons. The minimum atomic E-state index is -0.667. The second kappa shape index (κ2) is 7.94. The molecule has 0 spiro atoms. The third kappa shape index (κ3) is 4.00. The van der Waals surface area contributed by atoms with Crippen molar-refractivity contribution >= 4 is 5.97 Å². The zero-order valence-electron chi connectivity index (χ0n) is 17.3. The molecule has 0 amide bonds. The van der Waals surface area contributed by atoms with Gasteiger partial charge >= 0.3 is 5.97 Å². The Morgan fingerprint density at radius 2 is 1.70 bits per heavy atom. The average Bonchev–Trinajstić information content (AvgIpc) is 3.35. The van der Waals surface area contributed by atoms with Gasteiger partial charge in [-0.2, -0.15) is 5.10 Å². The van der Waals surface area contributed by atoms with Gasteiger partial charge in [-0.1, -0.05) is 17.7 Å². The molecule has 1 unspecified atom stereocenters. The normalized spacial score (nSPS) is 12.0. The Bertz CT molecular complexity index is 1170. The van der Waals surface area contributed by atoms with Crippen molar-refractivity contribution in [3.63, 3.8) is 0 Å². The van der Waals surface area contributed by atoms with Crippen molar-refractivity contribution < 1.29 is 13.9 Å². The minimum absolute atomic E-state index is 0.248. The van der Waals surface area contributed by atoms with Gasteiger partial charge in [0.2, 0.25) is 5.89 Å². The highest BCUT2D eigenvalue weighted by Gasteiger charge is 2.20. The molecule has 0 fully saturated rings. The largest absolute Gasteiger partial charge is 0.449 e. The Kier molecular flexibility index (Phi) is 5.18. The number of aromatic nitrogens is 4. The van der Waals surface area contributed by atoms with Crippen LogP contribution in [0.1, 0.15) is 46.2 Å². The van der Waals surface area contributed by atoms with E-state index >= 15 is 0 Å². The van der Waals surface area contributed by atoms with Gasteiger partial charge in [0.1, 0.15) is 0 Å². The van der Waals surface area contributed by atoms with Crippen LogP contribution in [-0.2, 0) is 4.74 Å². The first-order valence-corrected chi connectivity index (χ1v) is 9.66. The van der Waals surface area contributed by atoms with E-state index in [9.17, 15) is 4.79 Å². The number of nitrogens with zero attached hydrogens (tertiary/aromatic N) is 4. The maximum atomic E-state index is 12.5. The molecule has 30 heavy (non-hydrogen) atoms. The lowest BCUT2D eigenvalue weighted by molar-refractivity contribution is 0.0280. The molecule has 7 heteroatoms. The van der Waals surface area contributed by atoms with Gasteiger partial charge in [-0.15, -0.1) is 10.2 Å². The number of carbonyl (C=O) groups excluding carboxylic acids is 1. The van der Waals surface area contributed by atoms with Gasteiger partial charge in [0, 0.05) is 11.3 Å². The maximum Gasteiger partial charge on any atom is 0.338 e. The molecule has 0 aliphatic carbocycles. The summed E-state index contributed by atoms with van der Waals surface area (Å²) >= 11 is 0. The molecule has 0 aliphatic rings. The van der Waals surface area contributed by atoms with E-state index in [0.717, 1.165) is 28.2 Å². The van der Waals surface area contributed by atoms with E-state index in [4.69, 9.17) is 9.15 Å². The van der Waals surface area contributed by atoms with Crippen molar-refractivity contribution in [2.75, 3.05) is 0 Å². The van der Waals surface area contributed by atoms with E-state index < -0.39 is 12.1 Å².